The number of fused-ring (bicyclic) bond motifs is 1. The van der Waals surface area contributed by atoms with E-state index in [1.54, 1.807) is 24.0 Å². The quantitative estimate of drug-likeness (QED) is 0.437. The highest BCUT2D eigenvalue weighted by molar-refractivity contribution is 5.93. The van der Waals surface area contributed by atoms with Gasteiger partial charge in [-0.25, -0.2) is 0 Å². The Balaban J connectivity index is 1.82. The molecule has 1 aliphatic carbocycles. The maximum atomic E-state index is 13.1. The first kappa shape index (κ1) is 25.4. The highest BCUT2D eigenvalue weighted by Crippen LogP contribution is 2.56. The number of phenols is 1. The van der Waals surface area contributed by atoms with Gasteiger partial charge in [0.25, 0.3) is 0 Å². The van der Waals surface area contributed by atoms with E-state index >= 15 is 0 Å². The molecule has 4 rings (SSSR count). The summed E-state index contributed by atoms with van der Waals surface area (Å²) in [5.74, 6) is 0.0909. The van der Waals surface area contributed by atoms with Crippen LogP contribution in [-0.4, -0.2) is 83.9 Å². The van der Waals surface area contributed by atoms with E-state index in [4.69, 9.17) is 4.74 Å². The topological polar surface area (TPSA) is 102 Å². The molecule has 0 spiro atoms. The standard InChI is InChI=1S/C27H37N3O5/c1-18-5-6-22(32)14-23(18)26-7-8-29(4)20(3)27(26,34)15-21(24(16-26)28-17-31)13-19(2)25(33)30-9-11-35-12-10-30/h5-6,13-14,17,20,32,34H,7-12,15-16H2,1-4H3,(H,28,31)/b19-13+. The number of piperidine rings is 1. The molecule has 0 radical (unpaired) electrons. The number of likely N-dealkylation sites (N-methyl/N-ethyl adjacent to an activating group) is 1. The second-order valence-corrected chi connectivity index (χ2v) is 10.3. The molecule has 1 aromatic rings. The van der Waals surface area contributed by atoms with Crippen LogP contribution in [0.2, 0.25) is 0 Å². The van der Waals surface area contributed by atoms with Crippen LogP contribution in [0.15, 0.2) is 41.1 Å². The Bertz CT molecular complexity index is 1060. The molecular formula is C27H37N3O5. The zero-order valence-electron chi connectivity index (χ0n) is 21.1. The summed E-state index contributed by atoms with van der Waals surface area (Å²) in [5, 5.41) is 25.7. The summed E-state index contributed by atoms with van der Waals surface area (Å²) < 4.78 is 5.37. The van der Waals surface area contributed by atoms with Gasteiger partial charge in [0, 0.05) is 48.7 Å². The average molecular weight is 484 g/mol. The molecule has 8 nitrogen and oxygen atoms in total. The maximum Gasteiger partial charge on any atom is 0.249 e. The van der Waals surface area contributed by atoms with Gasteiger partial charge in [-0.1, -0.05) is 6.07 Å². The summed E-state index contributed by atoms with van der Waals surface area (Å²) in [5.41, 5.74) is 2.03. The Hall–Kier alpha value is -2.68. The van der Waals surface area contributed by atoms with Crippen LogP contribution < -0.4 is 5.32 Å². The largest absolute Gasteiger partial charge is 0.508 e. The van der Waals surface area contributed by atoms with E-state index in [1.807, 2.05) is 33.0 Å². The molecule has 35 heavy (non-hydrogen) atoms. The van der Waals surface area contributed by atoms with Gasteiger partial charge in [0.2, 0.25) is 12.3 Å². The lowest BCUT2D eigenvalue weighted by Crippen LogP contribution is -2.68. The molecule has 3 atom stereocenters. The lowest BCUT2D eigenvalue weighted by atomic mass is 9.53. The molecule has 8 heteroatoms. The van der Waals surface area contributed by atoms with Gasteiger partial charge in [0.05, 0.1) is 18.8 Å². The van der Waals surface area contributed by atoms with Crippen molar-refractivity contribution >= 4 is 12.3 Å². The van der Waals surface area contributed by atoms with Gasteiger partial charge in [-0.3, -0.25) is 9.59 Å². The van der Waals surface area contributed by atoms with Crippen molar-refractivity contribution in [1.29, 1.82) is 0 Å². The first-order valence-electron chi connectivity index (χ1n) is 12.3. The lowest BCUT2D eigenvalue weighted by Gasteiger charge is -2.60. The summed E-state index contributed by atoms with van der Waals surface area (Å²) in [6.45, 7) is 8.71. The van der Waals surface area contributed by atoms with Crippen molar-refractivity contribution < 1.29 is 24.5 Å². The van der Waals surface area contributed by atoms with Gasteiger partial charge in [-0.15, -0.1) is 0 Å². The molecule has 3 aliphatic rings. The second kappa shape index (κ2) is 9.76. The zero-order valence-corrected chi connectivity index (χ0v) is 21.1. The number of aromatic hydroxyl groups is 1. The number of nitrogens with one attached hydrogen (secondary N) is 1. The number of morpholine rings is 1. The van der Waals surface area contributed by atoms with Crippen LogP contribution in [0.1, 0.15) is 44.2 Å². The number of likely N-dealkylation sites (tertiary alicyclic amines) is 1. The molecule has 2 amide bonds. The molecule has 3 N–H and O–H groups in total. The van der Waals surface area contributed by atoms with Gasteiger partial charge in [0.1, 0.15) is 5.75 Å². The number of nitrogens with zero attached hydrogens (tertiary/aromatic N) is 2. The first-order chi connectivity index (χ1) is 16.6. The Morgan fingerprint density at radius 1 is 1.23 bits per heavy atom. The van der Waals surface area contributed by atoms with Crippen molar-refractivity contribution in [2.75, 3.05) is 39.9 Å². The molecule has 0 bridgehead atoms. The minimum absolute atomic E-state index is 0.0623. The molecule has 1 aromatic carbocycles. The van der Waals surface area contributed by atoms with Gasteiger partial charge in [-0.2, -0.15) is 0 Å². The highest BCUT2D eigenvalue weighted by Gasteiger charge is 2.60. The number of carbonyl (C=O) groups is 2. The lowest BCUT2D eigenvalue weighted by molar-refractivity contribution is -0.133. The average Bonchev–Trinajstić information content (AvgIpc) is 2.85. The van der Waals surface area contributed by atoms with Crippen LogP contribution in [0, 0.1) is 6.92 Å². The number of hydrogen-bond acceptors (Lipinski definition) is 6. The minimum Gasteiger partial charge on any atom is -0.508 e. The highest BCUT2D eigenvalue weighted by atomic mass is 16.5. The van der Waals surface area contributed by atoms with E-state index < -0.39 is 11.0 Å². The number of phenolic OH excluding ortho intramolecular Hbond substituents is 1. The van der Waals surface area contributed by atoms with Crippen molar-refractivity contribution in [3.8, 4) is 5.75 Å². The number of carbonyl (C=O) groups excluding carboxylic acids is 2. The summed E-state index contributed by atoms with van der Waals surface area (Å²) in [6, 6.07) is 5.10. The molecular weight excluding hydrogens is 446 g/mol. The molecule has 3 unspecified atom stereocenters. The SMILES string of the molecule is C/C(=C\C1=C(NC=O)CC2(c3cc(O)ccc3C)CCN(C)C(C)C2(O)C1)C(=O)N1CCOCC1. The third-order valence-corrected chi connectivity index (χ3v) is 8.39. The third-order valence-electron chi connectivity index (χ3n) is 8.39. The molecule has 2 aliphatic heterocycles. The van der Waals surface area contributed by atoms with E-state index in [9.17, 15) is 19.8 Å². The number of aryl methyl sites for hydroxylation is 1. The smallest absolute Gasteiger partial charge is 0.249 e. The van der Waals surface area contributed by atoms with E-state index in [0.29, 0.717) is 56.8 Å². The Morgan fingerprint density at radius 3 is 2.63 bits per heavy atom. The fourth-order valence-electron chi connectivity index (χ4n) is 6.19. The molecule has 0 aromatic heterocycles. The van der Waals surface area contributed by atoms with E-state index in [1.165, 1.54) is 0 Å². The number of benzene rings is 1. The van der Waals surface area contributed by atoms with Gasteiger partial charge >= 0.3 is 0 Å². The monoisotopic (exact) mass is 483 g/mol. The van der Waals surface area contributed by atoms with Crippen molar-refractivity contribution in [2.24, 2.45) is 0 Å². The number of aliphatic hydroxyl groups is 1. The van der Waals surface area contributed by atoms with Crippen molar-refractivity contribution in [3.63, 3.8) is 0 Å². The van der Waals surface area contributed by atoms with Crippen LogP contribution in [-0.2, 0) is 19.7 Å². The first-order valence-corrected chi connectivity index (χ1v) is 12.3. The normalized spacial score (nSPS) is 30.1. The molecule has 2 heterocycles. The van der Waals surface area contributed by atoms with Gasteiger partial charge < -0.3 is 30.1 Å². The van der Waals surface area contributed by atoms with E-state index in [0.717, 1.165) is 23.2 Å². The summed E-state index contributed by atoms with van der Waals surface area (Å²) in [7, 11) is 2.01. The number of rotatable bonds is 5. The molecule has 2 fully saturated rings. The van der Waals surface area contributed by atoms with Crippen LogP contribution in [0.4, 0.5) is 0 Å². The van der Waals surface area contributed by atoms with E-state index in [2.05, 4.69) is 10.2 Å². The van der Waals surface area contributed by atoms with E-state index in [-0.39, 0.29) is 24.1 Å². The number of allylic oxidation sites excluding steroid dienone is 2. The molecule has 190 valence electrons. The molecule has 2 saturated heterocycles. The van der Waals surface area contributed by atoms with Crippen molar-refractivity contribution in [2.45, 2.75) is 57.1 Å². The van der Waals surface area contributed by atoms with Gasteiger partial charge in [-0.05, 0) is 75.7 Å². The third kappa shape index (κ3) is 4.39. The maximum absolute atomic E-state index is 13.1. The predicted octanol–water partition coefficient (Wildman–Crippen LogP) is 1.99. The van der Waals surface area contributed by atoms with Crippen molar-refractivity contribution in [1.82, 2.24) is 15.1 Å². The number of hydrogen-bond donors (Lipinski definition) is 3. The number of amides is 2. The summed E-state index contributed by atoms with van der Waals surface area (Å²) in [6.07, 6.45) is 3.82. The van der Waals surface area contributed by atoms with Crippen LogP contribution >= 0.6 is 0 Å². The van der Waals surface area contributed by atoms with Crippen molar-refractivity contribution in [3.05, 3.63) is 52.2 Å². The Labute approximate surface area is 207 Å². The van der Waals surface area contributed by atoms with Gasteiger partial charge in [0.15, 0.2) is 0 Å². The fraction of sp³-hybridized carbons (Fsp3) is 0.556. The Morgan fingerprint density at radius 2 is 1.94 bits per heavy atom. The molecule has 0 saturated carbocycles. The second-order valence-electron chi connectivity index (χ2n) is 10.3. The number of ether oxygens (including phenoxy) is 1. The van der Waals surface area contributed by atoms with Crippen LogP contribution in [0.3, 0.4) is 0 Å². The summed E-state index contributed by atoms with van der Waals surface area (Å²) >= 11 is 0. The predicted molar refractivity (Wildman–Crippen MR) is 133 cm³/mol. The summed E-state index contributed by atoms with van der Waals surface area (Å²) in [4.78, 5) is 28.6. The van der Waals surface area contributed by atoms with Crippen LogP contribution in [0.5, 0.6) is 5.75 Å². The minimum atomic E-state index is -1.18. The van der Waals surface area contributed by atoms with Crippen LogP contribution in [0.25, 0.3) is 0 Å². The Kier molecular flexibility index (Phi) is 7.09. The zero-order chi connectivity index (χ0) is 25.4. The fourth-order valence-corrected chi connectivity index (χ4v) is 6.19.